The predicted octanol–water partition coefficient (Wildman–Crippen LogP) is 4.09. The monoisotopic (exact) mass is 497 g/mol. The zero-order valence-corrected chi connectivity index (χ0v) is 20.8. The van der Waals surface area contributed by atoms with Crippen molar-refractivity contribution < 1.29 is 24.2 Å². The molecule has 2 aromatic carbocycles. The Morgan fingerprint density at radius 1 is 1.14 bits per heavy atom. The highest BCUT2D eigenvalue weighted by Crippen LogP contribution is 2.41. The molecule has 35 heavy (non-hydrogen) atoms. The summed E-state index contributed by atoms with van der Waals surface area (Å²) in [6.45, 7) is 5.96. The first-order valence-electron chi connectivity index (χ1n) is 10.5. The van der Waals surface area contributed by atoms with Crippen LogP contribution in [-0.2, 0) is 11.3 Å². The summed E-state index contributed by atoms with van der Waals surface area (Å²) in [5.41, 5.74) is 2.60. The van der Waals surface area contributed by atoms with Crippen molar-refractivity contribution in [3.63, 3.8) is 0 Å². The molecule has 0 spiro atoms. The summed E-state index contributed by atoms with van der Waals surface area (Å²) >= 11 is 1.26. The first kappa shape index (κ1) is 25.6. The number of hydrogen-bond acceptors (Lipinski definition) is 9. The van der Waals surface area contributed by atoms with Crippen LogP contribution in [-0.4, -0.2) is 58.7 Å². The fourth-order valence-corrected chi connectivity index (χ4v) is 4.04. The van der Waals surface area contributed by atoms with Gasteiger partial charge in [-0.1, -0.05) is 35.1 Å². The van der Waals surface area contributed by atoms with Crippen LogP contribution < -0.4 is 19.5 Å². The Balaban J connectivity index is 1.78. The highest BCUT2D eigenvalue weighted by atomic mass is 32.2. The molecular weight excluding hydrogens is 470 g/mol. The molecule has 11 heteroatoms. The first-order chi connectivity index (χ1) is 16.9. The fourth-order valence-electron chi connectivity index (χ4n) is 3.29. The van der Waals surface area contributed by atoms with Gasteiger partial charge in [-0.2, -0.15) is 0 Å². The molecule has 0 fully saturated rings. The molecule has 0 atom stereocenters. The number of nitrogens with zero attached hydrogens (tertiary/aromatic N) is 4. The van der Waals surface area contributed by atoms with E-state index in [4.69, 9.17) is 19.4 Å². The molecule has 0 aliphatic rings. The van der Waals surface area contributed by atoms with E-state index in [1.807, 2.05) is 4.57 Å². The van der Waals surface area contributed by atoms with Crippen LogP contribution in [0.3, 0.4) is 0 Å². The van der Waals surface area contributed by atoms with Crippen molar-refractivity contribution >= 4 is 29.1 Å². The van der Waals surface area contributed by atoms with E-state index in [9.17, 15) is 4.79 Å². The Labute approximate surface area is 207 Å². The van der Waals surface area contributed by atoms with Crippen molar-refractivity contribution in [3.05, 3.63) is 54.6 Å². The smallest absolute Gasteiger partial charge is 0.234 e. The number of rotatable bonds is 11. The first-order valence-corrected chi connectivity index (χ1v) is 11.5. The summed E-state index contributed by atoms with van der Waals surface area (Å²) in [7, 11) is 4.63. The number of oxime groups is 1. The van der Waals surface area contributed by atoms with Crippen LogP contribution in [0, 0.1) is 0 Å². The lowest BCUT2D eigenvalue weighted by atomic mass is 10.1. The van der Waals surface area contributed by atoms with Crippen LogP contribution in [0.4, 0.5) is 5.69 Å². The molecular formula is C24H27N5O5S. The molecule has 3 aromatic rings. The second-order valence-electron chi connectivity index (χ2n) is 7.22. The number of hydrogen-bond donors (Lipinski definition) is 2. The van der Waals surface area contributed by atoms with Crippen LogP contribution in [0.5, 0.6) is 17.2 Å². The average molecular weight is 498 g/mol. The number of methoxy groups -OCH3 is 3. The number of ether oxygens (including phenoxy) is 3. The Kier molecular flexibility index (Phi) is 8.74. The summed E-state index contributed by atoms with van der Waals surface area (Å²) < 4.78 is 18.2. The second-order valence-corrected chi connectivity index (χ2v) is 8.16. The molecule has 0 aliphatic heterocycles. The van der Waals surface area contributed by atoms with Gasteiger partial charge in [0.25, 0.3) is 0 Å². The molecule has 0 bridgehead atoms. The van der Waals surface area contributed by atoms with E-state index >= 15 is 0 Å². The summed E-state index contributed by atoms with van der Waals surface area (Å²) in [5, 5.41) is 24.1. The number of thioether (sulfide) groups is 1. The molecule has 2 N–H and O–H groups in total. The van der Waals surface area contributed by atoms with Crippen LogP contribution in [0.2, 0.25) is 0 Å². The van der Waals surface area contributed by atoms with E-state index in [0.29, 0.717) is 51.7 Å². The van der Waals surface area contributed by atoms with Crippen LogP contribution in [0.1, 0.15) is 12.5 Å². The number of anilines is 1. The van der Waals surface area contributed by atoms with Crippen molar-refractivity contribution in [1.82, 2.24) is 14.8 Å². The van der Waals surface area contributed by atoms with E-state index in [0.717, 1.165) is 5.56 Å². The van der Waals surface area contributed by atoms with Gasteiger partial charge >= 0.3 is 0 Å². The normalized spacial score (nSPS) is 11.1. The largest absolute Gasteiger partial charge is 0.493 e. The summed E-state index contributed by atoms with van der Waals surface area (Å²) in [6, 6.07) is 10.6. The third-order valence-corrected chi connectivity index (χ3v) is 5.99. The van der Waals surface area contributed by atoms with Crippen molar-refractivity contribution in [2.24, 2.45) is 5.16 Å². The van der Waals surface area contributed by atoms with Crippen molar-refractivity contribution in [2.45, 2.75) is 18.6 Å². The maximum absolute atomic E-state index is 12.5. The van der Waals surface area contributed by atoms with E-state index in [1.165, 1.54) is 11.8 Å². The molecule has 10 nitrogen and oxygen atoms in total. The van der Waals surface area contributed by atoms with Gasteiger partial charge in [0.15, 0.2) is 22.5 Å². The third-order valence-electron chi connectivity index (χ3n) is 5.02. The maximum Gasteiger partial charge on any atom is 0.234 e. The third kappa shape index (κ3) is 5.93. The van der Waals surface area contributed by atoms with Gasteiger partial charge in [-0.05, 0) is 36.8 Å². The van der Waals surface area contributed by atoms with Gasteiger partial charge < -0.3 is 24.7 Å². The van der Waals surface area contributed by atoms with Gasteiger partial charge in [-0.3, -0.25) is 9.36 Å². The summed E-state index contributed by atoms with van der Waals surface area (Å²) in [4.78, 5) is 12.5. The molecule has 3 rings (SSSR count). The van der Waals surface area contributed by atoms with Gasteiger partial charge in [0.2, 0.25) is 11.7 Å². The Bertz CT molecular complexity index is 1200. The number of allylic oxidation sites excluding steroid dienone is 1. The fraction of sp³-hybridized carbons (Fsp3) is 0.250. The lowest BCUT2D eigenvalue weighted by Gasteiger charge is -2.14. The SMILES string of the molecule is C=CCn1c(SCC(=O)Nc2ccc(/C(C)=N/O)cc2)nnc1-c1cc(OC)c(OC)c(OC)c1. The summed E-state index contributed by atoms with van der Waals surface area (Å²) in [5.74, 6) is 1.97. The van der Waals surface area contributed by atoms with Crippen LogP contribution >= 0.6 is 11.8 Å². The van der Waals surface area contributed by atoms with Gasteiger partial charge in [0.1, 0.15) is 0 Å². The molecule has 0 saturated carbocycles. The van der Waals surface area contributed by atoms with E-state index in [2.05, 4.69) is 27.2 Å². The highest BCUT2D eigenvalue weighted by molar-refractivity contribution is 7.99. The molecule has 0 saturated heterocycles. The van der Waals surface area contributed by atoms with Crippen molar-refractivity contribution in [3.8, 4) is 28.6 Å². The number of amides is 1. The van der Waals surface area contributed by atoms with Gasteiger partial charge in [0.05, 0.1) is 32.8 Å². The number of benzene rings is 2. The molecule has 0 aliphatic carbocycles. The number of carbonyl (C=O) groups is 1. The quantitative estimate of drug-likeness (QED) is 0.134. The molecule has 1 heterocycles. The minimum absolute atomic E-state index is 0.128. The molecule has 184 valence electrons. The van der Waals surface area contributed by atoms with Gasteiger partial charge in [-0.15, -0.1) is 16.8 Å². The lowest BCUT2D eigenvalue weighted by Crippen LogP contribution is -2.14. The minimum atomic E-state index is -0.196. The Hall–Kier alpha value is -3.99. The van der Waals surface area contributed by atoms with E-state index in [-0.39, 0.29) is 11.7 Å². The second kappa shape index (κ2) is 11.9. The van der Waals surface area contributed by atoms with Crippen molar-refractivity contribution in [1.29, 1.82) is 0 Å². The van der Waals surface area contributed by atoms with Gasteiger partial charge in [-0.25, -0.2) is 0 Å². The van der Waals surface area contributed by atoms with E-state index in [1.54, 1.807) is 70.7 Å². The molecule has 0 radical (unpaired) electrons. The average Bonchev–Trinajstić information content (AvgIpc) is 3.29. The van der Waals surface area contributed by atoms with Gasteiger partial charge in [0, 0.05) is 17.8 Å². The molecule has 0 unspecified atom stereocenters. The predicted molar refractivity (Wildman–Crippen MR) is 135 cm³/mol. The maximum atomic E-state index is 12.5. The number of nitrogens with one attached hydrogen (secondary N) is 1. The number of carbonyl (C=O) groups excluding carboxylic acids is 1. The number of aromatic nitrogens is 3. The summed E-state index contributed by atoms with van der Waals surface area (Å²) in [6.07, 6.45) is 1.73. The Morgan fingerprint density at radius 2 is 1.80 bits per heavy atom. The molecule has 1 aromatic heterocycles. The van der Waals surface area contributed by atoms with E-state index < -0.39 is 0 Å². The topological polar surface area (TPSA) is 120 Å². The Morgan fingerprint density at radius 3 is 2.34 bits per heavy atom. The lowest BCUT2D eigenvalue weighted by molar-refractivity contribution is -0.113. The highest BCUT2D eigenvalue weighted by Gasteiger charge is 2.20. The molecule has 1 amide bonds. The minimum Gasteiger partial charge on any atom is -0.493 e. The zero-order chi connectivity index (χ0) is 25.4. The standard InChI is InChI=1S/C24H27N5O5S/c1-6-11-29-23(17-12-19(32-3)22(34-5)20(13-17)33-4)26-27-24(29)35-14-21(30)25-18-9-7-16(8-10-18)15(2)28-31/h6-10,12-13,31H,1,11,14H2,2-5H3,(H,25,30)/b28-15+. The zero-order valence-electron chi connectivity index (χ0n) is 19.9. The van der Waals surface area contributed by atoms with Crippen molar-refractivity contribution in [2.75, 3.05) is 32.4 Å². The van der Waals surface area contributed by atoms with Crippen LogP contribution in [0.25, 0.3) is 11.4 Å². The van der Waals surface area contributed by atoms with Crippen LogP contribution in [0.15, 0.2) is 59.4 Å².